The summed E-state index contributed by atoms with van der Waals surface area (Å²) in [5.41, 5.74) is 2.90. The number of nitrogens with zero attached hydrogens (tertiary/aromatic N) is 2. The van der Waals surface area contributed by atoms with Crippen molar-refractivity contribution in [2.75, 3.05) is 19.6 Å². The van der Waals surface area contributed by atoms with E-state index in [-0.39, 0.29) is 11.5 Å². The van der Waals surface area contributed by atoms with E-state index in [1.807, 2.05) is 13.8 Å². The summed E-state index contributed by atoms with van der Waals surface area (Å²) < 4.78 is 0. The van der Waals surface area contributed by atoms with Crippen LogP contribution in [0.3, 0.4) is 0 Å². The average molecular weight is 314 g/mol. The Morgan fingerprint density at radius 3 is 2.65 bits per heavy atom. The molecule has 1 fully saturated rings. The van der Waals surface area contributed by atoms with Crippen LogP contribution in [0.1, 0.15) is 51.2 Å². The van der Waals surface area contributed by atoms with Gasteiger partial charge in [-0.15, -0.1) is 0 Å². The molecule has 2 aliphatic heterocycles. The molecule has 1 aromatic carbocycles. The Bertz CT molecular complexity index is 569. The third-order valence-electron chi connectivity index (χ3n) is 5.66. The molecule has 1 spiro atoms. The van der Waals surface area contributed by atoms with Gasteiger partial charge in [0, 0.05) is 24.5 Å². The number of fused-ring (bicyclic) bond motifs is 1. The minimum atomic E-state index is 0.0657. The van der Waals surface area contributed by atoms with Crippen LogP contribution >= 0.6 is 0 Å². The van der Waals surface area contributed by atoms with E-state index in [1.165, 1.54) is 36.9 Å². The van der Waals surface area contributed by atoms with Crippen LogP contribution in [0.2, 0.25) is 0 Å². The highest BCUT2D eigenvalue weighted by Crippen LogP contribution is 2.36. The quantitative estimate of drug-likeness (QED) is 0.834. The molecule has 3 heteroatoms. The molecular formula is C20H30N2O. The molecular weight excluding hydrogens is 284 g/mol. The molecule has 1 saturated heterocycles. The van der Waals surface area contributed by atoms with Gasteiger partial charge >= 0.3 is 0 Å². The first-order valence-corrected chi connectivity index (χ1v) is 9.16. The zero-order valence-corrected chi connectivity index (χ0v) is 14.8. The van der Waals surface area contributed by atoms with Gasteiger partial charge in [0.2, 0.25) is 5.91 Å². The first-order chi connectivity index (χ1) is 11.1. The Morgan fingerprint density at radius 2 is 1.96 bits per heavy atom. The molecule has 3 nitrogen and oxygen atoms in total. The fourth-order valence-electron chi connectivity index (χ4n) is 4.46. The van der Waals surface area contributed by atoms with E-state index in [2.05, 4.69) is 41.0 Å². The normalized spacial score (nSPS) is 25.5. The van der Waals surface area contributed by atoms with Crippen LogP contribution in [0.15, 0.2) is 24.3 Å². The lowest BCUT2D eigenvalue weighted by Crippen LogP contribution is -2.59. The van der Waals surface area contributed by atoms with E-state index in [1.54, 1.807) is 0 Å². The lowest BCUT2D eigenvalue weighted by atomic mass is 9.80. The predicted octanol–water partition coefficient (Wildman–Crippen LogP) is 3.47. The fraction of sp³-hybridized carbons (Fsp3) is 0.650. The van der Waals surface area contributed by atoms with Crippen LogP contribution in [0.5, 0.6) is 0 Å². The van der Waals surface area contributed by atoms with Crippen LogP contribution in [-0.2, 0) is 17.8 Å². The molecule has 0 bridgehead atoms. The molecule has 3 rings (SSSR count). The first-order valence-electron chi connectivity index (χ1n) is 9.16. The van der Waals surface area contributed by atoms with Crippen molar-refractivity contribution in [1.82, 2.24) is 9.80 Å². The van der Waals surface area contributed by atoms with Crippen molar-refractivity contribution in [3.8, 4) is 0 Å². The topological polar surface area (TPSA) is 23.6 Å². The minimum Gasteiger partial charge on any atom is -0.336 e. The van der Waals surface area contributed by atoms with Crippen molar-refractivity contribution in [2.24, 2.45) is 5.92 Å². The van der Waals surface area contributed by atoms with E-state index >= 15 is 0 Å². The second-order valence-electron chi connectivity index (χ2n) is 7.56. The van der Waals surface area contributed by atoms with E-state index in [0.29, 0.717) is 5.91 Å². The van der Waals surface area contributed by atoms with Crippen LogP contribution in [0, 0.1) is 5.92 Å². The molecule has 23 heavy (non-hydrogen) atoms. The van der Waals surface area contributed by atoms with Crippen molar-refractivity contribution in [2.45, 2.75) is 58.5 Å². The number of carbonyl (C=O) groups excluding carboxylic acids is 1. The third-order valence-corrected chi connectivity index (χ3v) is 5.66. The van der Waals surface area contributed by atoms with Crippen LogP contribution in [-0.4, -0.2) is 40.9 Å². The molecule has 2 aliphatic rings. The fourth-order valence-corrected chi connectivity index (χ4v) is 4.46. The van der Waals surface area contributed by atoms with E-state index in [4.69, 9.17) is 0 Å². The Hall–Kier alpha value is -1.35. The number of benzene rings is 1. The molecule has 0 radical (unpaired) electrons. The molecule has 0 aliphatic carbocycles. The van der Waals surface area contributed by atoms with E-state index < -0.39 is 0 Å². The zero-order valence-electron chi connectivity index (χ0n) is 14.8. The number of hydrogen-bond acceptors (Lipinski definition) is 2. The number of rotatable bonds is 2. The number of hydrogen-bond donors (Lipinski definition) is 0. The summed E-state index contributed by atoms with van der Waals surface area (Å²) in [5.74, 6) is 0.360. The highest BCUT2D eigenvalue weighted by molar-refractivity contribution is 5.78. The predicted molar refractivity (Wildman–Crippen MR) is 94.2 cm³/mol. The van der Waals surface area contributed by atoms with E-state index in [0.717, 1.165) is 26.1 Å². The second kappa shape index (κ2) is 6.64. The summed E-state index contributed by atoms with van der Waals surface area (Å²) in [4.78, 5) is 17.6. The van der Waals surface area contributed by atoms with Crippen molar-refractivity contribution >= 4 is 5.91 Å². The number of piperidine rings is 1. The number of amides is 1. The summed E-state index contributed by atoms with van der Waals surface area (Å²) in [6.45, 7) is 10.2. The number of likely N-dealkylation sites (tertiary alicyclic amines) is 1. The summed E-state index contributed by atoms with van der Waals surface area (Å²) in [6.07, 6.45) is 4.85. The molecule has 1 atom stereocenters. The van der Waals surface area contributed by atoms with Gasteiger partial charge in [-0.05, 0) is 43.5 Å². The van der Waals surface area contributed by atoms with Gasteiger partial charge in [-0.3, -0.25) is 9.69 Å². The number of carbonyl (C=O) groups is 1. The van der Waals surface area contributed by atoms with Crippen molar-refractivity contribution in [1.29, 1.82) is 0 Å². The van der Waals surface area contributed by atoms with Crippen molar-refractivity contribution in [3.63, 3.8) is 0 Å². The summed E-state index contributed by atoms with van der Waals surface area (Å²) >= 11 is 0. The highest BCUT2D eigenvalue weighted by Gasteiger charge is 2.42. The molecule has 0 N–H and O–H groups in total. The van der Waals surface area contributed by atoms with E-state index in [9.17, 15) is 4.79 Å². The largest absolute Gasteiger partial charge is 0.336 e. The molecule has 126 valence electrons. The summed E-state index contributed by atoms with van der Waals surface area (Å²) in [5, 5.41) is 0. The van der Waals surface area contributed by atoms with Crippen molar-refractivity contribution < 1.29 is 4.79 Å². The Labute approximate surface area is 140 Å². The Morgan fingerprint density at radius 1 is 1.22 bits per heavy atom. The maximum Gasteiger partial charge on any atom is 0.225 e. The molecule has 0 aromatic heterocycles. The van der Waals surface area contributed by atoms with Gasteiger partial charge in [-0.2, -0.15) is 0 Å². The molecule has 2 heterocycles. The molecule has 1 amide bonds. The Balaban J connectivity index is 2.01. The molecule has 1 aromatic rings. The minimum absolute atomic E-state index is 0.0657. The number of likely N-dealkylation sites (N-methyl/N-ethyl adjacent to an activating group) is 1. The van der Waals surface area contributed by atoms with Crippen LogP contribution in [0.4, 0.5) is 0 Å². The highest BCUT2D eigenvalue weighted by atomic mass is 16.2. The third kappa shape index (κ3) is 3.16. The van der Waals surface area contributed by atoms with Gasteiger partial charge in [0.1, 0.15) is 0 Å². The van der Waals surface area contributed by atoms with Crippen LogP contribution in [0.25, 0.3) is 0 Å². The van der Waals surface area contributed by atoms with Gasteiger partial charge in [0.15, 0.2) is 0 Å². The van der Waals surface area contributed by atoms with Gasteiger partial charge in [0.25, 0.3) is 0 Å². The van der Waals surface area contributed by atoms with Gasteiger partial charge < -0.3 is 4.90 Å². The summed E-state index contributed by atoms with van der Waals surface area (Å²) in [7, 11) is 0. The Kier molecular flexibility index (Phi) is 4.77. The molecule has 0 saturated carbocycles. The lowest BCUT2D eigenvalue weighted by molar-refractivity contribution is -0.137. The molecule has 1 unspecified atom stereocenters. The zero-order chi connectivity index (χ0) is 16.4. The monoisotopic (exact) mass is 314 g/mol. The second-order valence-corrected chi connectivity index (χ2v) is 7.56. The maximum absolute atomic E-state index is 12.8. The van der Waals surface area contributed by atoms with Crippen LogP contribution < -0.4 is 0 Å². The van der Waals surface area contributed by atoms with Gasteiger partial charge in [-0.25, -0.2) is 0 Å². The SMILES string of the molecule is CCN1CCCCC12Cc1ccccc1CN(C(=O)C(C)C)C2. The lowest BCUT2D eigenvalue weighted by Gasteiger charge is -2.48. The first kappa shape index (κ1) is 16.5. The maximum atomic E-state index is 12.8. The van der Waals surface area contributed by atoms with Gasteiger partial charge in [0.05, 0.1) is 0 Å². The summed E-state index contributed by atoms with van der Waals surface area (Å²) in [6, 6.07) is 8.72. The smallest absolute Gasteiger partial charge is 0.225 e. The van der Waals surface area contributed by atoms with Gasteiger partial charge in [-0.1, -0.05) is 51.5 Å². The van der Waals surface area contributed by atoms with Crippen molar-refractivity contribution in [3.05, 3.63) is 35.4 Å². The standard InChI is InChI=1S/C20H30N2O/c1-4-22-12-8-7-11-20(22)13-17-9-5-6-10-18(17)14-21(15-20)19(23)16(2)3/h5-6,9-10,16H,4,7-8,11-15H2,1-3H3. The average Bonchev–Trinajstić information content (AvgIpc) is 2.71.